The number of aliphatic hydroxyl groups excluding tert-OH is 1. The van der Waals surface area contributed by atoms with E-state index >= 15 is 0 Å². The Morgan fingerprint density at radius 1 is 1.39 bits per heavy atom. The number of carbonyl (C=O) groups is 1. The maximum atomic E-state index is 12.5. The number of nitrogens with two attached hydrogens (primary N) is 1. The first kappa shape index (κ1) is 11.5. The zero-order valence-corrected chi connectivity index (χ0v) is 10.1. The van der Waals surface area contributed by atoms with Crippen molar-refractivity contribution < 1.29 is 9.90 Å². The third-order valence-corrected chi connectivity index (χ3v) is 4.01. The minimum atomic E-state index is -0.266. The normalized spacial score (nSPS) is 30.5. The minimum Gasteiger partial charge on any atom is -0.393 e. The Morgan fingerprint density at radius 3 is 2.67 bits per heavy atom. The molecule has 0 aromatic carbocycles. The van der Waals surface area contributed by atoms with Crippen LogP contribution in [0.4, 0.5) is 5.82 Å². The third kappa shape index (κ3) is 1.75. The molecule has 3 rings (SSSR count). The summed E-state index contributed by atoms with van der Waals surface area (Å²) in [6.45, 7) is 0. The summed E-state index contributed by atoms with van der Waals surface area (Å²) in [5.74, 6) is 0.244. The maximum Gasteiger partial charge on any atom is 0.258 e. The Hall–Kier alpha value is -1.62. The number of hydrogen-bond acceptors (Lipinski definition) is 4. The number of nitrogen functional groups attached to an aromatic ring is 1. The summed E-state index contributed by atoms with van der Waals surface area (Å²) in [5.41, 5.74) is 6.24. The van der Waals surface area contributed by atoms with Crippen molar-refractivity contribution in [3.05, 3.63) is 23.9 Å². The second kappa shape index (κ2) is 4.24. The lowest BCUT2D eigenvalue weighted by molar-refractivity contribution is 0.0287. The first-order chi connectivity index (χ1) is 8.66. The number of anilines is 1. The summed E-state index contributed by atoms with van der Waals surface area (Å²) in [6, 6.07) is 3.76. The molecule has 5 heteroatoms. The zero-order chi connectivity index (χ0) is 12.7. The van der Waals surface area contributed by atoms with Gasteiger partial charge in [0.15, 0.2) is 0 Å². The zero-order valence-electron chi connectivity index (χ0n) is 10.1. The highest BCUT2D eigenvalue weighted by Gasteiger charge is 2.43. The molecule has 2 aliphatic heterocycles. The average Bonchev–Trinajstić information content (AvgIpc) is 2.61. The molecule has 1 amide bonds. The molecule has 3 heterocycles. The van der Waals surface area contributed by atoms with E-state index in [1.807, 2.05) is 4.90 Å². The highest BCUT2D eigenvalue weighted by Crippen LogP contribution is 2.37. The molecule has 5 nitrogen and oxygen atoms in total. The number of amides is 1. The minimum absolute atomic E-state index is 0.0417. The molecular formula is C13H17N3O2. The standard InChI is InChI=1S/C13H17N3O2/c14-12-11(2-1-5-15-12)13(18)16-8-3-4-9(16)7-10(17)6-8/h1-2,5,8-10,17H,3-4,6-7H2,(H2,14,15). The summed E-state index contributed by atoms with van der Waals surface area (Å²) < 4.78 is 0. The molecule has 2 saturated heterocycles. The molecule has 3 N–H and O–H groups in total. The number of aliphatic hydroxyl groups is 1. The molecule has 96 valence electrons. The van der Waals surface area contributed by atoms with Crippen LogP contribution in [-0.4, -0.2) is 39.1 Å². The van der Waals surface area contributed by atoms with Gasteiger partial charge in [-0.15, -0.1) is 0 Å². The molecular weight excluding hydrogens is 230 g/mol. The smallest absolute Gasteiger partial charge is 0.258 e. The van der Waals surface area contributed by atoms with Gasteiger partial charge in [0, 0.05) is 18.3 Å². The van der Waals surface area contributed by atoms with Crippen LogP contribution in [0.15, 0.2) is 18.3 Å². The molecule has 2 fully saturated rings. The highest BCUT2D eigenvalue weighted by atomic mass is 16.3. The fraction of sp³-hybridized carbons (Fsp3) is 0.538. The van der Waals surface area contributed by atoms with Crippen LogP contribution in [0.5, 0.6) is 0 Å². The SMILES string of the molecule is Nc1ncccc1C(=O)N1C2CCC1CC(O)C2. The number of nitrogens with zero attached hydrogens (tertiary/aromatic N) is 2. The molecule has 2 atom stereocenters. The van der Waals surface area contributed by atoms with Gasteiger partial charge in [0.2, 0.25) is 0 Å². The first-order valence-electron chi connectivity index (χ1n) is 6.38. The highest BCUT2D eigenvalue weighted by molar-refractivity contribution is 5.98. The molecule has 0 aliphatic carbocycles. The van der Waals surface area contributed by atoms with Gasteiger partial charge in [-0.3, -0.25) is 4.79 Å². The van der Waals surface area contributed by atoms with Gasteiger partial charge in [-0.1, -0.05) is 0 Å². The lowest BCUT2D eigenvalue weighted by Gasteiger charge is -2.37. The van der Waals surface area contributed by atoms with Crippen LogP contribution in [0.3, 0.4) is 0 Å². The van der Waals surface area contributed by atoms with Crippen molar-refractivity contribution in [3.63, 3.8) is 0 Å². The third-order valence-electron chi connectivity index (χ3n) is 4.01. The maximum absolute atomic E-state index is 12.5. The van der Waals surface area contributed by atoms with Crippen molar-refractivity contribution in [1.82, 2.24) is 9.88 Å². The Bertz CT molecular complexity index is 463. The van der Waals surface area contributed by atoms with Crippen molar-refractivity contribution >= 4 is 11.7 Å². The lowest BCUT2D eigenvalue weighted by atomic mass is 9.99. The van der Waals surface area contributed by atoms with E-state index in [0.717, 1.165) is 12.8 Å². The van der Waals surface area contributed by atoms with E-state index in [0.29, 0.717) is 18.4 Å². The van der Waals surface area contributed by atoms with E-state index in [9.17, 15) is 9.90 Å². The Balaban J connectivity index is 1.88. The van der Waals surface area contributed by atoms with Crippen LogP contribution in [-0.2, 0) is 0 Å². The summed E-state index contributed by atoms with van der Waals surface area (Å²) >= 11 is 0. The van der Waals surface area contributed by atoms with Crippen LogP contribution in [0, 0.1) is 0 Å². The van der Waals surface area contributed by atoms with E-state index in [-0.39, 0.29) is 29.9 Å². The Kier molecular flexibility index (Phi) is 2.70. The quantitative estimate of drug-likeness (QED) is 0.769. The van der Waals surface area contributed by atoms with Gasteiger partial charge in [0.05, 0.1) is 11.7 Å². The lowest BCUT2D eigenvalue weighted by Crippen LogP contribution is -2.48. The number of hydrogen-bond donors (Lipinski definition) is 2. The average molecular weight is 247 g/mol. The van der Waals surface area contributed by atoms with Gasteiger partial charge in [-0.25, -0.2) is 4.98 Å². The molecule has 1 aromatic heterocycles. The summed E-state index contributed by atoms with van der Waals surface area (Å²) in [6.07, 6.45) is 4.64. The van der Waals surface area contributed by atoms with Gasteiger partial charge in [0.25, 0.3) is 5.91 Å². The molecule has 0 spiro atoms. The predicted molar refractivity (Wildman–Crippen MR) is 66.9 cm³/mol. The molecule has 18 heavy (non-hydrogen) atoms. The second-order valence-corrected chi connectivity index (χ2v) is 5.16. The summed E-state index contributed by atoms with van der Waals surface area (Å²) in [5, 5.41) is 9.74. The van der Waals surface area contributed by atoms with E-state index in [1.165, 1.54) is 0 Å². The first-order valence-corrected chi connectivity index (χ1v) is 6.38. The number of carbonyl (C=O) groups excluding carboxylic acids is 1. The van der Waals surface area contributed by atoms with Crippen LogP contribution in [0.2, 0.25) is 0 Å². The van der Waals surface area contributed by atoms with E-state index in [1.54, 1.807) is 18.3 Å². The van der Waals surface area contributed by atoms with Crippen molar-refractivity contribution in [2.45, 2.75) is 43.9 Å². The molecule has 2 unspecified atom stereocenters. The summed E-state index contributed by atoms with van der Waals surface area (Å²) in [7, 11) is 0. The van der Waals surface area contributed by atoms with Gasteiger partial charge in [-0.2, -0.15) is 0 Å². The van der Waals surface area contributed by atoms with Crippen molar-refractivity contribution in [2.75, 3.05) is 5.73 Å². The number of pyridine rings is 1. The number of piperidine rings is 1. The van der Waals surface area contributed by atoms with Crippen molar-refractivity contribution in [1.29, 1.82) is 0 Å². The molecule has 0 saturated carbocycles. The van der Waals surface area contributed by atoms with E-state index < -0.39 is 0 Å². The van der Waals surface area contributed by atoms with Crippen LogP contribution in [0.1, 0.15) is 36.0 Å². The number of rotatable bonds is 1. The molecule has 2 aliphatic rings. The largest absolute Gasteiger partial charge is 0.393 e. The summed E-state index contributed by atoms with van der Waals surface area (Å²) in [4.78, 5) is 18.4. The predicted octanol–water partition coefficient (Wildman–Crippen LogP) is 0.792. The van der Waals surface area contributed by atoms with Crippen LogP contribution in [0.25, 0.3) is 0 Å². The van der Waals surface area contributed by atoms with Crippen molar-refractivity contribution in [3.8, 4) is 0 Å². The molecule has 2 bridgehead atoms. The van der Waals surface area contributed by atoms with Gasteiger partial charge >= 0.3 is 0 Å². The fourth-order valence-corrected chi connectivity index (χ4v) is 3.22. The van der Waals surface area contributed by atoms with Crippen molar-refractivity contribution in [2.24, 2.45) is 0 Å². The Labute approximate surface area is 106 Å². The van der Waals surface area contributed by atoms with Gasteiger partial charge in [-0.05, 0) is 37.8 Å². The number of aromatic nitrogens is 1. The van der Waals surface area contributed by atoms with Crippen LogP contribution < -0.4 is 5.73 Å². The Morgan fingerprint density at radius 2 is 2.06 bits per heavy atom. The van der Waals surface area contributed by atoms with E-state index in [4.69, 9.17) is 5.73 Å². The number of fused-ring (bicyclic) bond motifs is 2. The molecule has 1 aromatic rings. The second-order valence-electron chi connectivity index (χ2n) is 5.16. The van der Waals surface area contributed by atoms with Gasteiger partial charge < -0.3 is 15.7 Å². The molecule has 0 radical (unpaired) electrons. The van der Waals surface area contributed by atoms with E-state index in [2.05, 4.69) is 4.98 Å². The monoisotopic (exact) mass is 247 g/mol. The van der Waals surface area contributed by atoms with Gasteiger partial charge in [0.1, 0.15) is 5.82 Å². The fourth-order valence-electron chi connectivity index (χ4n) is 3.22. The topological polar surface area (TPSA) is 79.5 Å². The van der Waals surface area contributed by atoms with Crippen LogP contribution >= 0.6 is 0 Å².